The van der Waals surface area contributed by atoms with Crippen molar-refractivity contribution in [2.75, 3.05) is 6.26 Å². The van der Waals surface area contributed by atoms with Crippen molar-refractivity contribution in [2.45, 2.75) is 24.7 Å². The zero-order chi connectivity index (χ0) is 9.97. The number of aryl methyl sites for hydroxylation is 1. The summed E-state index contributed by atoms with van der Waals surface area (Å²) < 4.78 is 0. The highest BCUT2D eigenvalue weighted by Crippen LogP contribution is 2.20. The molecule has 0 atom stereocenters. The molecular weight excluding hydrogens is 192 g/mol. The number of nitrogens with one attached hydrogen (secondary N) is 1. The van der Waals surface area contributed by atoms with Gasteiger partial charge in [0.2, 0.25) is 0 Å². The van der Waals surface area contributed by atoms with Gasteiger partial charge in [-0.05, 0) is 30.9 Å². The lowest BCUT2D eigenvalue weighted by Gasteiger charge is -1.93. The highest BCUT2D eigenvalue weighted by molar-refractivity contribution is 7.98. The van der Waals surface area contributed by atoms with Crippen LogP contribution >= 0.6 is 11.8 Å². The van der Waals surface area contributed by atoms with Crippen LogP contribution in [0.5, 0.6) is 0 Å². The van der Waals surface area contributed by atoms with Crippen molar-refractivity contribution in [1.29, 1.82) is 0 Å². The number of imidazole rings is 1. The average molecular weight is 206 g/mol. The normalized spacial score (nSPS) is 11.0. The van der Waals surface area contributed by atoms with Crippen LogP contribution in [-0.4, -0.2) is 16.2 Å². The molecule has 1 N–H and O–H groups in total. The summed E-state index contributed by atoms with van der Waals surface area (Å²) in [5.74, 6) is 1.10. The zero-order valence-corrected chi connectivity index (χ0v) is 9.32. The van der Waals surface area contributed by atoms with Crippen molar-refractivity contribution in [3.05, 3.63) is 24.0 Å². The fourth-order valence-electron chi connectivity index (χ4n) is 1.52. The van der Waals surface area contributed by atoms with Crippen LogP contribution in [0.3, 0.4) is 0 Å². The predicted octanol–water partition coefficient (Wildman–Crippen LogP) is 3.24. The van der Waals surface area contributed by atoms with Gasteiger partial charge in [-0.3, -0.25) is 0 Å². The lowest BCUT2D eigenvalue weighted by Crippen LogP contribution is -1.83. The van der Waals surface area contributed by atoms with E-state index in [0.29, 0.717) is 0 Å². The molecule has 0 saturated heterocycles. The fourth-order valence-corrected chi connectivity index (χ4v) is 1.96. The number of thioether (sulfide) groups is 1. The topological polar surface area (TPSA) is 28.7 Å². The van der Waals surface area contributed by atoms with Crippen LogP contribution in [0.2, 0.25) is 0 Å². The minimum Gasteiger partial charge on any atom is -0.342 e. The quantitative estimate of drug-likeness (QED) is 0.781. The van der Waals surface area contributed by atoms with Crippen LogP contribution in [0.15, 0.2) is 23.1 Å². The number of nitrogens with zero attached hydrogens (tertiary/aromatic N) is 1. The second kappa shape index (κ2) is 4.05. The van der Waals surface area contributed by atoms with E-state index in [1.807, 2.05) is 0 Å². The van der Waals surface area contributed by atoms with Crippen LogP contribution in [0.25, 0.3) is 11.0 Å². The molecule has 0 aliphatic rings. The van der Waals surface area contributed by atoms with Crippen molar-refractivity contribution in [3.8, 4) is 0 Å². The third-order valence-electron chi connectivity index (χ3n) is 2.22. The molecular formula is C11H14N2S. The summed E-state index contributed by atoms with van der Waals surface area (Å²) in [4.78, 5) is 9.14. The Morgan fingerprint density at radius 1 is 1.43 bits per heavy atom. The summed E-state index contributed by atoms with van der Waals surface area (Å²) in [7, 11) is 0. The Bertz CT molecular complexity index is 434. The minimum absolute atomic E-state index is 1.03. The zero-order valence-electron chi connectivity index (χ0n) is 8.50. The third kappa shape index (κ3) is 1.77. The van der Waals surface area contributed by atoms with Crippen molar-refractivity contribution in [2.24, 2.45) is 0 Å². The molecule has 2 rings (SSSR count). The van der Waals surface area contributed by atoms with E-state index in [9.17, 15) is 0 Å². The Hall–Kier alpha value is -0.960. The number of aromatic amines is 1. The molecule has 1 aromatic heterocycles. The Balaban J connectivity index is 2.43. The molecule has 0 spiro atoms. The molecule has 0 amide bonds. The smallest absolute Gasteiger partial charge is 0.107 e. The van der Waals surface area contributed by atoms with Gasteiger partial charge in [0.1, 0.15) is 5.82 Å². The predicted molar refractivity (Wildman–Crippen MR) is 61.9 cm³/mol. The van der Waals surface area contributed by atoms with E-state index in [0.717, 1.165) is 29.7 Å². The Kier molecular flexibility index (Phi) is 2.77. The van der Waals surface area contributed by atoms with Crippen LogP contribution in [0, 0.1) is 0 Å². The first-order chi connectivity index (χ1) is 6.83. The first-order valence-electron chi connectivity index (χ1n) is 4.86. The van der Waals surface area contributed by atoms with Gasteiger partial charge in [0, 0.05) is 11.3 Å². The number of aromatic nitrogens is 2. The van der Waals surface area contributed by atoms with E-state index in [1.54, 1.807) is 11.8 Å². The van der Waals surface area contributed by atoms with Crippen molar-refractivity contribution >= 4 is 22.8 Å². The number of fused-ring (bicyclic) bond motifs is 1. The molecule has 14 heavy (non-hydrogen) atoms. The standard InChI is InChI=1S/C11H14N2S/c1-3-4-11-12-9-6-5-8(14-2)7-10(9)13-11/h5-7H,3-4H2,1-2H3,(H,12,13). The molecule has 0 fully saturated rings. The molecule has 2 aromatic rings. The number of rotatable bonds is 3. The summed E-state index contributed by atoms with van der Waals surface area (Å²) >= 11 is 1.76. The third-order valence-corrected chi connectivity index (χ3v) is 2.95. The summed E-state index contributed by atoms with van der Waals surface area (Å²) in [5, 5.41) is 0. The number of hydrogen-bond acceptors (Lipinski definition) is 2. The molecule has 0 saturated carbocycles. The van der Waals surface area contributed by atoms with Gasteiger partial charge in [0.15, 0.2) is 0 Å². The highest BCUT2D eigenvalue weighted by Gasteiger charge is 2.02. The average Bonchev–Trinajstić information content (AvgIpc) is 2.59. The Labute approximate surface area is 88.1 Å². The summed E-state index contributed by atoms with van der Waals surface area (Å²) in [5.41, 5.74) is 2.23. The Morgan fingerprint density at radius 3 is 3.00 bits per heavy atom. The molecule has 3 heteroatoms. The molecule has 74 valence electrons. The van der Waals surface area contributed by atoms with Gasteiger partial charge in [-0.2, -0.15) is 0 Å². The second-order valence-electron chi connectivity index (χ2n) is 3.32. The van der Waals surface area contributed by atoms with Crippen molar-refractivity contribution < 1.29 is 0 Å². The van der Waals surface area contributed by atoms with Gasteiger partial charge in [-0.25, -0.2) is 4.98 Å². The maximum absolute atomic E-state index is 4.51. The maximum Gasteiger partial charge on any atom is 0.107 e. The number of hydrogen-bond donors (Lipinski definition) is 1. The van der Waals surface area contributed by atoms with E-state index in [2.05, 4.69) is 41.3 Å². The molecule has 0 bridgehead atoms. The molecule has 0 aliphatic carbocycles. The van der Waals surface area contributed by atoms with Crippen LogP contribution in [0.4, 0.5) is 0 Å². The molecule has 0 unspecified atom stereocenters. The van der Waals surface area contributed by atoms with Gasteiger partial charge < -0.3 is 4.98 Å². The lowest BCUT2D eigenvalue weighted by molar-refractivity contribution is 0.861. The highest BCUT2D eigenvalue weighted by atomic mass is 32.2. The first-order valence-corrected chi connectivity index (χ1v) is 6.08. The Morgan fingerprint density at radius 2 is 2.29 bits per heavy atom. The van der Waals surface area contributed by atoms with Gasteiger partial charge in [0.05, 0.1) is 11.0 Å². The second-order valence-corrected chi connectivity index (χ2v) is 4.20. The van der Waals surface area contributed by atoms with E-state index < -0.39 is 0 Å². The maximum atomic E-state index is 4.51. The van der Waals surface area contributed by atoms with E-state index in [4.69, 9.17) is 0 Å². The van der Waals surface area contributed by atoms with Crippen LogP contribution < -0.4 is 0 Å². The minimum atomic E-state index is 1.03. The summed E-state index contributed by atoms with van der Waals surface area (Å²) in [6.45, 7) is 2.17. The summed E-state index contributed by atoms with van der Waals surface area (Å²) in [6.07, 6.45) is 4.25. The number of H-pyrrole nitrogens is 1. The van der Waals surface area contributed by atoms with Crippen LogP contribution in [0.1, 0.15) is 19.2 Å². The molecule has 0 aliphatic heterocycles. The monoisotopic (exact) mass is 206 g/mol. The first kappa shape index (κ1) is 9.59. The molecule has 1 heterocycles. The van der Waals surface area contributed by atoms with Crippen LogP contribution in [-0.2, 0) is 6.42 Å². The molecule has 0 radical (unpaired) electrons. The fraction of sp³-hybridized carbons (Fsp3) is 0.364. The van der Waals surface area contributed by atoms with Gasteiger partial charge in [0.25, 0.3) is 0 Å². The molecule has 2 nitrogen and oxygen atoms in total. The summed E-state index contributed by atoms with van der Waals surface area (Å²) in [6, 6.07) is 6.35. The van der Waals surface area contributed by atoms with Gasteiger partial charge >= 0.3 is 0 Å². The van der Waals surface area contributed by atoms with Crippen molar-refractivity contribution in [1.82, 2.24) is 9.97 Å². The molecule has 1 aromatic carbocycles. The van der Waals surface area contributed by atoms with E-state index >= 15 is 0 Å². The lowest BCUT2D eigenvalue weighted by atomic mass is 10.3. The SMILES string of the molecule is CCCc1nc2ccc(SC)cc2[nH]1. The van der Waals surface area contributed by atoms with E-state index in [-0.39, 0.29) is 0 Å². The van der Waals surface area contributed by atoms with Gasteiger partial charge in [-0.1, -0.05) is 6.92 Å². The van der Waals surface area contributed by atoms with E-state index in [1.165, 1.54) is 4.90 Å². The van der Waals surface area contributed by atoms with Gasteiger partial charge in [-0.15, -0.1) is 11.8 Å². The largest absolute Gasteiger partial charge is 0.342 e. The van der Waals surface area contributed by atoms with Crippen molar-refractivity contribution in [3.63, 3.8) is 0 Å². The number of benzene rings is 1.